The number of nitrogens with zero attached hydrogens (tertiary/aromatic N) is 3. The summed E-state index contributed by atoms with van der Waals surface area (Å²) in [4.78, 5) is 28.6. The molecule has 3 N–H and O–H groups in total. The van der Waals surface area contributed by atoms with Crippen molar-refractivity contribution >= 4 is 33.3 Å². The van der Waals surface area contributed by atoms with Crippen LogP contribution < -0.4 is 15.8 Å². The summed E-state index contributed by atoms with van der Waals surface area (Å²) in [5.41, 5.74) is 3.64. The van der Waals surface area contributed by atoms with Crippen LogP contribution in [-0.4, -0.2) is 59.1 Å². The Hall–Kier alpha value is -3.39. The van der Waals surface area contributed by atoms with E-state index in [1.807, 2.05) is 19.9 Å². The van der Waals surface area contributed by atoms with E-state index in [1.165, 1.54) is 6.07 Å². The number of hydrogen-bond acceptors (Lipinski definition) is 5. The quantitative estimate of drug-likeness (QED) is 0.456. The summed E-state index contributed by atoms with van der Waals surface area (Å²) in [7, 11) is 2.13. The van der Waals surface area contributed by atoms with Gasteiger partial charge in [0.05, 0.1) is 27.6 Å². The lowest BCUT2D eigenvalue weighted by molar-refractivity contribution is 0.313. The maximum atomic E-state index is 14.8. The number of anilines is 2. The van der Waals surface area contributed by atoms with Crippen LogP contribution in [-0.2, 0) is 0 Å². The molecule has 0 spiro atoms. The van der Waals surface area contributed by atoms with Crippen LogP contribution in [0.25, 0.3) is 33.3 Å². The van der Waals surface area contributed by atoms with Gasteiger partial charge in [-0.1, -0.05) is 6.07 Å². The van der Waals surface area contributed by atoms with Gasteiger partial charge in [-0.3, -0.25) is 4.79 Å². The van der Waals surface area contributed by atoms with E-state index in [0.717, 1.165) is 42.9 Å². The average Bonchev–Trinajstić information content (AvgIpc) is 3.16. The molecule has 166 valence electrons. The first-order valence-corrected chi connectivity index (χ1v) is 11.0. The fourth-order valence-electron chi connectivity index (χ4n) is 4.34. The minimum atomic E-state index is -0.392. The third-order valence-electron chi connectivity index (χ3n) is 5.99. The molecule has 2 aromatic carbocycles. The zero-order valence-electron chi connectivity index (χ0n) is 18.5. The number of imidazole rings is 1. The van der Waals surface area contributed by atoms with Gasteiger partial charge in [-0.2, -0.15) is 0 Å². The largest absolute Gasteiger partial charge is 0.381 e. The standard InChI is InChI=1S/C24H27FN6O/c1-14(2)26-22-20-16(25)5-4-6-18(20)29-24(32)21(22)23-27-17-8-7-15(13-19(17)28-23)31-11-9-30(3)10-12-31/h4-8,13-14H,9-12H2,1-3H3,(H,27,28)(H2,26,29,32). The molecule has 3 heterocycles. The van der Waals surface area contributed by atoms with Gasteiger partial charge in [-0.05, 0) is 51.2 Å². The van der Waals surface area contributed by atoms with Crippen molar-refractivity contribution in [2.75, 3.05) is 43.4 Å². The molecule has 0 saturated carbocycles. The van der Waals surface area contributed by atoms with Crippen LogP contribution in [0, 0.1) is 5.82 Å². The number of aromatic nitrogens is 3. The molecule has 2 aromatic heterocycles. The van der Waals surface area contributed by atoms with Crippen LogP contribution in [0.2, 0.25) is 0 Å². The molecule has 1 fully saturated rings. The number of piperazine rings is 1. The number of rotatable bonds is 4. The highest BCUT2D eigenvalue weighted by Gasteiger charge is 2.21. The predicted octanol–water partition coefficient (Wildman–Crippen LogP) is 3.78. The van der Waals surface area contributed by atoms with Gasteiger partial charge in [0.25, 0.3) is 5.56 Å². The van der Waals surface area contributed by atoms with Crippen LogP contribution in [0.5, 0.6) is 0 Å². The van der Waals surface area contributed by atoms with Gasteiger partial charge >= 0.3 is 0 Å². The second-order valence-corrected chi connectivity index (χ2v) is 8.74. The normalized spacial score (nSPS) is 15.2. The molecule has 0 aliphatic carbocycles. The predicted molar refractivity (Wildman–Crippen MR) is 128 cm³/mol. The van der Waals surface area contributed by atoms with E-state index in [9.17, 15) is 9.18 Å². The molecule has 5 rings (SSSR count). The average molecular weight is 435 g/mol. The molecule has 7 nitrogen and oxygen atoms in total. The first-order valence-electron chi connectivity index (χ1n) is 11.0. The number of likely N-dealkylation sites (N-methyl/N-ethyl adjacent to an activating group) is 1. The molecule has 0 atom stereocenters. The summed E-state index contributed by atoms with van der Waals surface area (Å²) in [6.07, 6.45) is 0. The third-order valence-corrected chi connectivity index (χ3v) is 5.99. The van der Waals surface area contributed by atoms with Crippen molar-refractivity contribution in [3.8, 4) is 11.4 Å². The maximum Gasteiger partial charge on any atom is 0.261 e. The smallest absolute Gasteiger partial charge is 0.261 e. The van der Waals surface area contributed by atoms with Gasteiger partial charge in [0, 0.05) is 37.9 Å². The summed E-state index contributed by atoms with van der Waals surface area (Å²) in [6, 6.07) is 10.8. The summed E-state index contributed by atoms with van der Waals surface area (Å²) in [5, 5.41) is 3.63. The Balaban J connectivity index is 1.65. The SMILES string of the molecule is CC(C)Nc1c(-c2nc3ccc(N4CCN(C)CC4)cc3[nH]2)c(=O)[nH]c2cccc(F)c12. The molecule has 4 aromatic rings. The molecule has 1 saturated heterocycles. The van der Waals surface area contributed by atoms with Gasteiger partial charge in [0.15, 0.2) is 0 Å². The van der Waals surface area contributed by atoms with Gasteiger partial charge in [0.2, 0.25) is 0 Å². The summed E-state index contributed by atoms with van der Waals surface area (Å²) in [5.74, 6) is 0.0293. The lowest BCUT2D eigenvalue weighted by atomic mass is 10.1. The van der Waals surface area contributed by atoms with E-state index in [1.54, 1.807) is 12.1 Å². The summed E-state index contributed by atoms with van der Waals surface area (Å²) < 4.78 is 14.8. The fourth-order valence-corrected chi connectivity index (χ4v) is 4.34. The topological polar surface area (TPSA) is 80.1 Å². The maximum absolute atomic E-state index is 14.8. The molecule has 0 bridgehead atoms. The van der Waals surface area contributed by atoms with Gasteiger partial charge < -0.3 is 25.1 Å². The molecular weight excluding hydrogens is 407 g/mol. The molecule has 1 aliphatic rings. The van der Waals surface area contributed by atoms with E-state index in [0.29, 0.717) is 28.0 Å². The molecule has 0 radical (unpaired) electrons. The van der Waals surface area contributed by atoms with Crippen molar-refractivity contribution in [1.29, 1.82) is 0 Å². The van der Waals surface area contributed by atoms with E-state index < -0.39 is 5.82 Å². The van der Waals surface area contributed by atoms with Crippen LogP contribution in [0.1, 0.15) is 13.8 Å². The monoisotopic (exact) mass is 434 g/mol. The van der Waals surface area contributed by atoms with Gasteiger partial charge in [0.1, 0.15) is 17.2 Å². The Morgan fingerprint density at radius 3 is 2.59 bits per heavy atom. The van der Waals surface area contributed by atoms with Gasteiger partial charge in [-0.15, -0.1) is 0 Å². The first-order chi connectivity index (χ1) is 15.4. The minimum absolute atomic E-state index is 0.00608. The van der Waals surface area contributed by atoms with Crippen LogP contribution in [0.3, 0.4) is 0 Å². The van der Waals surface area contributed by atoms with Crippen LogP contribution in [0.15, 0.2) is 41.2 Å². The van der Waals surface area contributed by atoms with E-state index in [-0.39, 0.29) is 11.6 Å². The Bertz CT molecular complexity index is 1350. The number of H-pyrrole nitrogens is 2. The zero-order valence-corrected chi connectivity index (χ0v) is 18.5. The van der Waals surface area contributed by atoms with Crippen molar-refractivity contribution in [3.63, 3.8) is 0 Å². The highest BCUT2D eigenvalue weighted by atomic mass is 19.1. The Labute approximate surface area is 185 Å². The number of fused-ring (bicyclic) bond motifs is 2. The van der Waals surface area contributed by atoms with Crippen molar-refractivity contribution in [3.05, 3.63) is 52.6 Å². The number of hydrogen-bond donors (Lipinski definition) is 3. The first kappa shape index (κ1) is 20.5. The number of aromatic amines is 2. The molecule has 0 unspecified atom stereocenters. The highest BCUT2D eigenvalue weighted by Crippen LogP contribution is 2.33. The zero-order chi connectivity index (χ0) is 22.4. The Kier molecular flexibility index (Phi) is 5.09. The summed E-state index contributed by atoms with van der Waals surface area (Å²) >= 11 is 0. The Morgan fingerprint density at radius 2 is 1.84 bits per heavy atom. The number of benzene rings is 2. The third kappa shape index (κ3) is 3.60. The molecule has 1 aliphatic heterocycles. The van der Waals surface area contributed by atoms with Crippen molar-refractivity contribution in [2.24, 2.45) is 0 Å². The molecule has 8 heteroatoms. The number of pyridine rings is 1. The highest BCUT2D eigenvalue weighted by molar-refractivity contribution is 5.99. The van der Waals surface area contributed by atoms with Crippen molar-refractivity contribution in [1.82, 2.24) is 19.9 Å². The second-order valence-electron chi connectivity index (χ2n) is 8.74. The van der Waals surface area contributed by atoms with E-state index in [2.05, 4.69) is 49.2 Å². The molecular formula is C24H27FN6O. The Morgan fingerprint density at radius 1 is 1.06 bits per heavy atom. The van der Waals surface area contributed by atoms with E-state index >= 15 is 0 Å². The van der Waals surface area contributed by atoms with Gasteiger partial charge in [-0.25, -0.2) is 9.37 Å². The van der Waals surface area contributed by atoms with E-state index in [4.69, 9.17) is 0 Å². The molecule has 0 amide bonds. The lowest BCUT2D eigenvalue weighted by Gasteiger charge is -2.34. The minimum Gasteiger partial charge on any atom is -0.381 e. The molecule has 32 heavy (non-hydrogen) atoms. The lowest BCUT2D eigenvalue weighted by Crippen LogP contribution is -2.44. The van der Waals surface area contributed by atoms with Crippen molar-refractivity contribution in [2.45, 2.75) is 19.9 Å². The second kappa shape index (κ2) is 7.94. The van der Waals surface area contributed by atoms with Crippen LogP contribution in [0.4, 0.5) is 15.8 Å². The van der Waals surface area contributed by atoms with Crippen LogP contribution >= 0.6 is 0 Å². The summed E-state index contributed by atoms with van der Waals surface area (Å²) in [6.45, 7) is 7.89. The fraction of sp³-hybridized carbons (Fsp3) is 0.333. The van der Waals surface area contributed by atoms with Crippen molar-refractivity contribution < 1.29 is 4.39 Å². The number of nitrogens with one attached hydrogen (secondary N) is 3. The number of halogens is 1.